The zero-order valence-electron chi connectivity index (χ0n) is 12.9. The van der Waals surface area contributed by atoms with Gasteiger partial charge in [-0.2, -0.15) is 15.0 Å². The van der Waals surface area contributed by atoms with Gasteiger partial charge in [0.1, 0.15) is 6.10 Å². The van der Waals surface area contributed by atoms with Crippen molar-refractivity contribution >= 4 is 11.9 Å². The topological polar surface area (TPSA) is 66.4 Å². The molecule has 1 aromatic rings. The van der Waals surface area contributed by atoms with Crippen LogP contribution in [0, 0.1) is 0 Å². The molecule has 2 aliphatic rings. The van der Waals surface area contributed by atoms with Gasteiger partial charge < -0.3 is 19.9 Å². The van der Waals surface area contributed by atoms with E-state index in [4.69, 9.17) is 4.74 Å². The quantitative estimate of drug-likeness (QED) is 0.887. The highest BCUT2D eigenvalue weighted by atomic mass is 16.5. The van der Waals surface area contributed by atoms with Crippen LogP contribution >= 0.6 is 0 Å². The first-order valence-corrected chi connectivity index (χ1v) is 7.78. The Morgan fingerprint density at radius 1 is 1.05 bits per heavy atom. The molecule has 2 fully saturated rings. The lowest BCUT2D eigenvalue weighted by Gasteiger charge is -2.28. The number of ether oxygens (including phenoxy) is 1. The van der Waals surface area contributed by atoms with Crippen LogP contribution in [0.3, 0.4) is 0 Å². The molecule has 116 valence electrons. The first kappa shape index (κ1) is 14.3. The Kier molecular flexibility index (Phi) is 4.38. The number of nitrogens with one attached hydrogen (secondary N) is 1. The summed E-state index contributed by atoms with van der Waals surface area (Å²) in [4.78, 5) is 17.8. The van der Waals surface area contributed by atoms with Crippen molar-refractivity contribution in [3.8, 4) is 6.01 Å². The summed E-state index contributed by atoms with van der Waals surface area (Å²) < 4.78 is 5.99. The largest absolute Gasteiger partial charge is 0.460 e. The van der Waals surface area contributed by atoms with Crippen molar-refractivity contribution in [2.75, 3.05) is 50.5 Å². The summed E-state index contributed by atoms with van der Waals surface area (Å²) >= 11 is 0. The van der Waals surface area contributed by atoms with E-state index in [0.717, 1.165) is 45.0 Å². The Morgan fingerprint density at radius 3 is 2.43 bits per heavy atom. The van der Waals surface area contributed by atoms with Crippen molar-refractivity contribution in [1.82, 2.24) is 19.9 Å². The smallest absolute Gasteiger partial charge is 0.323 e. The van der Waals surface area contributed by atoms with Gasteiger partial charge in [0.15, 0.2) is 0 Å². The second-order valence-electron chi connectivity index (χ2n) is 5.81. The third-order valence-electron chi connectivity index (χ3n) is 4.15. The van der Waals surface area contributed by atoms with Crippen molar-refractivity contribution in [3.63, 3.8) is 0 Å². The maximum absolute atomic E-state index is 5.99. The predicted octanol–water partition coefficient (Wildman–Crippen LogP) is 0.986. The highest BCUT2D eigenvalue weighted by Crippen LogP contribution is 2.21. The second kappa shape index (κ2) is 6.43. The lowest BCUT2D eigenvalue weighted by molar-refractivity contribution is 0.105. The van der Waals surface area contributed by atoms with Crippen LogP contribution in [0.2, 0.25) is 0 Å². The van der Waals surface area contributed by atoms with Crippen LogP contribution in [0.4, 0.5) is 11.9 Å². The minimum Gasteiger partial charge on any atom is -0.460 e. The molecule has 2 saturated heterocycles. The van der Waals surface area contributed by atoms with Crippen molar-refractivity contribution < 1.29 is 4.74 Å². The van der Waals surface area contributed by atoms with Crippen LogP contribution in [0.1, 0.15) is 25.7 Å². The zero-order chi connectivity index (χ0) is 14.7. The average molecular weight is 292 g/mol. The van der Waals surface area contributed by atoms with E-state index in [1.54, 1.807) is 0 Å². The van der Waals surface area contributed by atoms with E-state index in [2.05, 4.69) is 37.1 Å². The number of hydrogen-bond donors (Lipinski definition) is 1. The molecular formula is C14H24N6O. The van der Waals surface area contributed by atoms with Crippen LogP contribution in [-0.2, 0) is 0 Å². The number of rotatable bonds is 4. The summed E-state index contributed by atoms with van der Waals surface area (Å²) in [5.41, 5.74) is 0. The van der Waals surface area contributed by atoms with Crippen LogP contribution < -0.4 is 15.0 Å². The molecule has 0 amide bonds. The molecule has 0 aliphatic carbocycles. The maximum atomic E-state index is 5.99. The summed E-state index contributed by atoms with van der Waals surface area (Å²) in [6.45, 7) is 4.16. The third-order valence-corrected chi connectivity index (χ3v) is 4.15. The SMILES string of the molecule is CNc1nc(OC2CCN(C)CC2)nc(N2CCCC2)n1. The highest BCUT2D eigenvalue weighted by Gasteiger charge is 2.22. The first-order valence-electron chi connectivity index (χ1n) is 7.78. The molecule has 2 aliphatic heterocycles. The van der Waals surface area contributed by atoms with E-state index in [-0.39, 0.29) is 6.10 Å². The van der Waals surface area contributed by atoms with Crippen LogP contribution in [0.5, 0.6) is 6.01 Å². The molecule has 0 bridgehead atoms. The molecule has 1 aromatic heterocycles. The monoisotopic (exact) mass is 292 g/mol. The van der Waals surface area contributed by atoms with E-state index < -0.39 is 0 Å². The summed E-state index contributed by atoms with van der Waals surface area (Å²) in [6.07, 6.45) is 4.66. The van der Waals surface area contributed by atoms with Crippen LogP contribution in [0.25, 0.3) is 0 Å². The fourth-order valence-corrected chi connectivity index (χ4v) is 2.82. The molecule has 0 spiro atoms. The third kappa shape index (κ3) is 3.53. The molecule has 21 heavy (non-hydrogen) atoms. The molecule has 3 rings (SSSR count). The minimum atomic E-state index is 0.208. The predicted molar refractivity (Wildman–Crippen MR) is 82.0 cm³/mol. The van der Waals surface area contributed by atoms with Gasteiger partial charge in [0.25, 0.3) is 0 Å². The Labute approximate surface area is 125 Å². The zero-order valence-corrected chi connectivity index (χ0v) is 12.9. The van der Waals surface area contributed by atoms with E-state index in [1.165, 1.54) is 12.8 Å². The Morgan fingerprint density at radius 2 is 1.76 bits per heavy atom. The normalized spacial score (nSPS) is 20.8. The van der Waals surface area contributed by atoms with Gasteiger partial charge in [-0.1, -0.05) is 0 Å². The van der Waals surface area contributed by atoms with Gasteiger partial charge in [-0.05, 0) is 32.7 Å². The minimum absolute atomic E-state index is 0.208. The molecule has 7 nitrogen and oxygen atoms in total. The van der Waals surface area contributed by atoms with E-state index >= 15 is 0 Å². The summed E-state index contributed by atoms with van der Waals surface area (Å²) in [5, 5.41) is 3.00. The van der Waals surface area contributed by atoms with Gasteiger partial charge in [0, 0.05) is 33.2 Å². The van der Waals surface area contributed by atoms with Crippen molar-refractivity contribution in [1.29, 1.82) is 0 Å². The molecule has 0 saturated carbocycles. The number of likely N-dealkylation sites (tertiary alicyclic amines) is 1. The maximum Gasteiger partial charge on any atom is 0.323 e. The van der Waals surface area contributed by atoms with E-state index in [9.17, 15) is 0 Å². The fourth-order valence-electron chi connectivity index (χ4n) is 2.82. The molecule has 0 unspecified atom stereocenters. The van der Waals surface area contributed by atoms with Crippen LogP contribution in [0.15, 0.2) is 0 Å². The molecule has 0 aromatic carbocycles. The summed E-state index contributed by atoms with van der Waals surface area (Å²) in [5.74, 6) is 1.31. The van der Waals surface area contributed by atoms with Crippen molar-refractivity contribution in [3.05, 3.63) is 0 Å². The van der Waals surface area contributed by atoms with Crippen molar-refractivity contribution in [2.24, 2.45) is 0 Å². The lowest BCUT2D eigenvalue weighted by atomic mass is 10.1. The molecule has 0 atom stereocenters. The molecule has 0 radical (unpaired) electrons. The molecule has 7 heteroatoms. The van der Waals surface area contributed by atoms with Gasteiger partial charge in [0.05, 0.1) is 0 Å². The Bertz CT molecular complexity index is 469. The molecular weight excluding hydrogens is 268 g/mol. The van der Waals surface area contributed by atoms with Gasteiger partial charge in [-0.25, -0.2) is 0 Å². The molecule has 1 N–H and O–H groups in total. The summed E-state index contributed by atoms with van der Waals surface area (Å²) in [7, 11) is 3.96. The number of nitrogens with zero attached hydrogens (tertiary/aromatic N) is 5. The Hall–Kier alpha value is -1.63. The second-order valence-corrected chi connectivity index (χ2v) is 5.81. The lowest BCUT2D eigenvalue weighted by Crippen LogP contribution is -2.36. The van der Waals surface area contributed by atoms with Crippen LogP contribution in [-0.4, -0.2) is 66.2 Å². The van der Waals surface area contributed by atoms with E-state index in [1.807, 2.05) is 7.05 Å². The number of aromatic nitrogens is 3. The summed E-state index contributed by atoms with van der Waals surface area (Å²) in [6, 6.07) is 0.450. The average Bonchev–Trinajstić information content (AvgIpc) is 3.04. The van der Waals surface area contributed by atoms with E-state index in [0.29, 0.717) is 12.0 Å². The van der Waals surface area contributed by atoms with Gasteiger partial charge in [-0.15, -0.1) is 0 Å². The number of anilines is 2. The number of piperidine rings is 1. The standard InChI is InChI=1S/C14H24N6O/c1-15-12-16-13(20-7-3-4-8-20)18-14(17-12)21-11-5-9-19(2)10-6-11/h11H,3-10H2,1-2H3,(H,15,16,17,18). The highest BCUT2D eigenvalue weighted by molar-refractivity contribution is 5.38. The fraction of sp³-hybridized carbons (Fsp3) is 0.786. The first-order chi connectivity index (χ1) is 10.2. The van der Waals surface area contributed by atoms with Crippen molar-refractivity contribution in [2.45, 2.75) is 31.8 Å². The number of hydrogen-bond acceptors (Lipinski definition) is 7. The molecule has 3 heterocycles. The van der Waals surface area contributed by atoms with Gasteiger partial charge in [-0.3, -0.25) is 0 Å². The van der Waals surface area contributed by atoms with Gasteiger partial charge in [0.2, 0.25) is 11.9 Å². The van der Waals surface area contributed by atoms with Gasteiger partial charge >= 0.3 is 6.01 Å². The Balaban J connectivity index is 1.72.